The SMILES string of the molecule is O=C(O)c1cc2nc(-c3ccc(O)cc3)cc(N3CCOCC3)n2n1. The van der Waals surface area contributed by atoms with E-state index >= 15 is 0 Å². The second kappa shape index (κ2) is 6.06. The summed E-state index contributed by atoms with van der Waals surface area (Å²) in [4.78, 5) is 17.9. The number of nitrogens with zero attached hydrogens (tertiary/aromatic N) is 4. The number of carboxylic acid groups (broad SMARTS) is 1. The van der Waals surface area contributed by atoms with Crippen molar-refractivity contribution in [2.75, 3.05) is 31.2 Å². The largest absolute Gasteiger partial charge is 0.508 e. The molecule has 2 aromatic heterocycles. The Kier molecular flexibility index (Phi) is 3.73. The summed E-state index contributed by atoms with van der Waals surface area (Å²) in [5.41, 5.74) is 1.92. The standard InChI is InChI=1S/C17H16N4O4/c22-12-3-1-11(2-4-12)13-10-16(20-5-7-25-8-6-20)21-15(18-13)9-14(19-21)17(23)24/h1-4,9-10,22H,5-8H2,(H,23,24). The maximum absolute atomic E-state index is 11.3. The van der Waals surface area contributed by atoms with Crippen LogP contribution in [0.5, 0.6) is 5.75 Å². The van der Waals surface area contributed by atoms with Gasteiger partial charge >= 0.3 is 5.97 Å². The first-order valence-electron chi connectivity index (χ1n) is 7.88. The summed E-state index contributed by atoms with van der Waals surface area (Å²) >= 11 is 0. The lowest BCUT2D eigenvalue weighted by Crippen LogP contribution is -2.37. The van der Waals surface area contributed by atoms with E-state index in [1.165, 1.54) is 6.07 Å². The number of carboxylic acids is 1. The molecule has 0 unspecified atom stereocenters. The minimum atomic E-state index is -1.09. The molecule has 0 saturated carbocycles. The van der Waals surface area contributed by atoms with Crippen LogP contribution in [0.1, 0.15) is 10.5 Å². The number of phenolic OH excluding ortho intramolecular Hbond substituents is 1. The number of aromatic nitrogens is 3. The van der Waals surface area contributed by atoms with E-state index in [4.69, 9.17) is 4.74 Å². The maximum Gasteiger partial charge on any atom is 0.356 e. The molecule has 1 aliphatic heterocycles. The molecule has 8 heteroatoms. The van der Waals surface area contributed by atoms with Gasteiger partial charge in [-0.15, -0.1) is 0 Å². The van der Waals surface area contributed by atoms with Gasteiger partial charge in [-0.05, 0) is 24.3 Å². The van der Waals surface area contributed by atoms with Gasteiger partial charge in [0, 0.05) is 30.8 Å². The van der Waals surface area contributed by atoms with Crippen LogP contribution in [-0.2, 0) is 4.74 Å². The summed E-state index contributed by atoms with van der Waals surface area (Å²) in [6, 6.07) is 10.1. The van der Waals surface area contributed by atoms with Crippen molar-refractivity contribution in [2.24, 2.45) is 0 Å². The lowest BCUT2D eigenvalue weighted by molar-refractivity contribution is 0.0690. The summed E-state index contributed by atoms with van der Waals surface area (Å²) < 4.78 is 6.95. The summed E-state index contributed by atoms with van der Waals surface area (Å²) in [5, 5.41) is 22.9. The molecule has 1 aliphatic rings. The van der Waals surface area contributed by atoms with Crippen molar-refractivity contribution >= 4 is 17.4 Å². The molecule has 0 spiro atoms. The van der Waals surface area contributed by atoms with E-state index in [1.807, 2.05) is 6.07 Å². The summed E-state index contributed by atoms with van der Waals surface area (Å²) in [5.74, 6) is -0.149. The summed E-state index contributed by atoms with van der Waals surface area (Å²) in [6.07, 6.45) is 0. The number of carbonyl (C=O) groups is 1. The minimum Gasteiger partial charge on any atom is -0.508 e. The van der Waals surface area contributed by atoms with Crippen molar-refractivity contribution in [1.82, 2.24) is 14.6 Å². The Labute approximate surface area is 142 Å². The minimum absolute atomic E-state index is 0.0511. The van der Waals surface area contributed by atoms with E-state index in [1.54, 1.807) is 28.8 Å². The first kappa shape index (κ1) is 15.4. The molecular formula is C17H16N4O4. The number of hydrogen-bond donors (Lipinski definition) is 2. The predicted molar refractivity (Wildman–Crippen MR) is 90.1 cm³/mol. The van der Waals surface area contributed by atoms with Gasteiger partial charge in [-0.3, -0.25) is 0 Å². The fraction of sp³-hybridized carbons (Fsp3) is 0.235. The van der Waals surface area contributed by atoms with E-state index in [0.29, 0.717) is 37.6 Å². The Balaban J connectivity index is 1.89. The molecule has 3 aromatic rings. The molecule has 128 valence electrons. The highest BCUT2D eigenvalue weighted by Gasteiger charge is 2.19. The van der Waals surface area contributed by atoms with Crippen molar-refractivity contribution in [3.63, 3.8) is 0 Å². The molecular weight excluding hydrogens is 324 g/mol. The molecule has 25 heavy (non-hydrogen) atoms. The number of hydrogen-bond acceptors (Lipinski definition) is 6. The van der Waals surface area contributed by atoms with E-state index in [9.17, 15) is 15.0 Å². The smallest absolute Gasteiger partial charge is 0.356 e. The summed E-state index contributed by atoms with van der Waals surface area (Å²) in [6.45, 7) is 2.59. The van der Waals surface area contributed by atoms with E-state index in [2.05, 4.69) is 15.0 Å². The van der Waals surface area contributed by atoms with E-state index in [-0.39, 0.29) is 11.4 Å². The number of rotatable bonds is 3. The zero-order chi connectivity index (χ0) is 17.4. The van der Waals surface area contributed by atoms with Crippen molar-refractivity contribution in [3.8, 4) is 17.0 Å². The van der Waals surface area contributed by atoms with Crippen LogP contribution in [0.15, 0.2) is 36.4 Å². The maximum atomic E-state index is 11.3. The number of fused-ring (bicyclic) bond motifs is 1. The Morgan fingerprint density at radius 1 is 1.12 bits per heavy atom. The molecule has 0 aliphatic carbocycles. The molecule has 4 rings (SSSR count). The third-order valence-corrected chi connectivity index (χ3v) is 4.13. The normalized spacial score (nSPS) is 14.8. The fourth-order valence-electron chi connectivity index (χ4n) is 2.86. The van der Waals surface area contributed by atoms with Crippen molar-refractivity contribution in [2.45, 2.75) is 0 Å². The molecule has 1 saturated heterocycles. The molecule has 8 nitrogen and oxygen atoms in total. The number of aromatic hydroxyl groups is 1. The van der Waals surface area contributed by atoms with Gasteiger partial charge in [0.25, 0.3) is 0 Å². The molecule has 0 bridgehead atoms. The number of benzene rings is 1. The zero-order valence-corrected chi connectivity index (χ0v) is 13.3. The first-order chi connectivity index (χ1) is 12.1. The van der Waals surface area contributed by atoms with Gasteiger partial charge < -0.3 is 19.8 Å². The number of anilines is 1. The monoisotopic (exact) mass is 340 g/mol. The molecule has 1 fully saturated rings. The molecule has 2 N–H and O–H groups in total. The second-order valence-corrected chi connectivity index (χ2v) is 5.75. The predicted octanol–water partition coefficient (Wildman–Crippen LogP) is 1.64. The van der Waals surface area contributed by atoms with Gasteiger partial charge in [-0.2, -0.15) is 9.61 Å². The third kappa shape index (κ3) is 2.87. The van der Waals surface area contributed by atoms with Gasteiger partial charge in [-0.1, -0.05) is 0 Å². The van der Waals surface area contributed by atoms with Crippen LogP contribution >= 0.6 is 0 Å². The Morgan fingerprint density at radius 3 is 2.52 bits per heavy atom. The van der Waals surface area contributed by atoms with Crippen molar-refractivity contribution < 1.29 is 19.7 Å². The average molecular weight is 340 g/mol. The average Bonchev–Trinajstić information content (AvgIpc) is 3.07. The zero-order valence-electron chi connectivity index (χ0n) is 13.3. The van der Waals surface area contributed by atoms with Crippen LogP contribution < -0.4 is 4.90 Å². The lowest BCUT2D eigenvalue weighted by atomic mass is 10.1. The highest BCUT2D eigenvalue weighted by molar-refractivity contribution is 5.87. The van der Waals surface area contributed by atoms with Gasteiger partial charge in [0.1, 0.15) is 11.6 Å². The van der Waals surface area contributed by atoms with Crippen LogP contribution in [0, 0.1) is 0 Å². The molecule has 0 atom stereocenters. The Hall–Kier alpha value is -3.13. The van der Waals surface area contributed by atoms with E-state index in [0.717, 1.165) is 11.4 Å². The van der Waals surface area contributed by atoms with Gasteiger partial charge in [0.2, 0.25) is 0 Å². The topological polar surface area (TPSA) is 100 Å². The Bertz CT molecular complexity index is 930. The highest BCUT2D eigenvalue weighted by atomic mass is 16.5. The van der Waals surface area contributed by atoms with Crippen LogP contribution in [0.4, 0.5) is 5.82 Å². The number of phenols is 1. The van der Waals surface area contributed by atoms with E-state index < -0.39 is 5.97 Å². The van der Waals surface area contributed by atoms with Gasteiger partial charge in [0.15, 0.2) is 11.3 Å². The Morgan fingerprint density at radius 2 is 1.84 bits per heavy atom. The van der Waals surface area contributed by atoms with Crippen LogP contribution in [0.2, 0.25) is 0 Å². The molecule has 1 aromatic carbocycles. The third-order valence-electron chi connectivity index (χ3n) is 4.13. The molecule has 0 radical (unpaired) electrons. The van der Waals surface area contributed by atoms with Gasteiger partial charge in [-0.25, -0.2) is 9.78 Å². The van der Waals surface area contributed by atoms with Crippen molar-refractivity contribution in [3.05, 3.63) is 42.1 Å². The second-order valence-electron chi connectivity index (χ2n) is 5.75. The lowest BCUT2D eigenvalue weighted by Gasteiger charge is -2.29. The fourth-order valence-corrected chi connectivity index (χ4v) is 2.86. The van der Waals surface area contributed by atoms with Crippen LogP contribution in [0.25, 0.3) is 16.9 Å². The molecule has 3 heterocycles. The highest BCUT2D eigenvalue weighted by Crippen LogP contribution is 2.26. The number of aromatic carboxylic acids is 1. The summed E-state index contributed by atoms with van der Waals surface area (Å²) in [7, 11) is 0. The van der Waals surface area contributed by atoms with Crippen molar-refractivity contribution in [1.29, 1.82) is 0 Å². The molecule has 0 amide bonds. The first-order valence-corrected chi connectivity index (χ1v) is 7.88. The number of ether oxygens (including phenoxy) is 1. The van der Waals surface area contributed by atoms with Gasteiger partial charge in [0.05, 0.1) is 18.9 Å². The number of morpholine rings is 1. The quantitative estimate of drug-likeness (QED) is 0.747. The van der Waals surface area contributed by atoms with Crippen LogP contribution in [0.3, 0.4) is 0 Å². The van der Waals surface area contributed by atoms with Crippen LogP contribution in [-0.4, -0.2) is 57.1 Å².